The van der Waals surface area contributed by atoms with Crippen molar-refractivity contribution in [1.29, 1.82) is 0 Å². The van der Waals surface area contributed by atoms with Crippen LogP contribution in [0.3, 0.4) is 0 Å². The van der Waals surface area contributed by atoms with Gasteiger partial charge in [-0.2, -0.15) is 11.8 Å². The topological polar surface area (TPSA) is 71.8 Å². The smallest absolute Gasteiger partial charge is 0.225 e. The fraction of sp³-hybridized carbons (Fsp3) is 0.400. The van der Waals surface area contributed by atoms with Gasteiger partial charge in [-0.25, -0.2) is 0 Å². The zero-order valence-electron chi connectivity index (χ0n) is 12.5. The van der Waals surface area contributed by atoms with Crippen molar-refractivity contribution in [2.45, 2.75) is 12.5 Å². The maximum absolute atomic E-state index is 12.3. The van der Waals surface area contributed by atoms with E-state index in [0.29, 0.717) is 6.42 Å². The summed E-state index contributed by atoms with van der Waals surface area (Å²) >= 11 is 1.89. The minimum Gasteiger partial charge on any atom is -0.325 e. The van der Waals surface area contributed by atoms with Gasteiger partial charge in [0.2, 0.25) is 5.91 Å². The van der Waals surface area contributed by atoms with E-state index in [1.54, 1.807) is 6.33 Å². The van der Waals surface area contributed by atoms with Crippen molar-refractivity contribution in [3.63, 3.8) is 0 Å². The SMILES string of the molecule is Cn1cnnc1-c1ccccc1NC(=O)CC1CSCCN1. The van der Waals surface area contributed by atoms with Crippen molar-refractivity contribution in [2.75, 3.05) is 23.4 Å². The number of carbonyl (C=O) groups is 1. The number of anilines is 1. The molecule has 1 aliphatic rings. The molecule has 0 bridgehead atoms. The summed E-state index contributed by atoms with van der Waals surface area (Å²) in [6, 6.07) is 7.92. The molecule has 2 N–H and O–H groups in total. The first-order valence-corrected chi connectivity index (χ1v) is 8.44. The molecule has 3 rings (SSSR count). The van der Waals surface area contributed by atoms with Gasteiger partial charge in [0.15, 0.2) is 5.82 Å². The summed E-state index contributed by atoms with van der Waals surface area (Å²) in [5, 5.41) is 14.4. The quantitative estimate of drug-likeness (QED) is 0.894. The number of hydrogen-bond donors (Lipinski definition) is 2. The molecule has 1 fully saturated rings. The second-order valence-electron chi connectivity index (χ2n) is 5.29. The molecule has 6 nitrogen and oxygen atoms in total. The largest absolute Gasteiger partial charge is 0.325 e. The zero-order valence-corrected chi connectivity index (χ0v) is 13.3. The van der Waals surface area contributed by atoms with Gasteiger partial charge in [0, 0.05) is 43.1 Å². The Morgan fingerprint density at radius 1 is 1.50 bits per heavy atom. The van der Waals surface area contributed by atoms with Crippen LogP contribution in [-0.4, -0.2) is 44.8 Å². The molecule has 2 heterocycles. The molecule has 1 aromatic carbocycles. The van der Waals surface area contributed by atoms with E-state index >= 15 is 0 Å². The van der Waals surface area contributed by atoms with Crippen LogP contribution in [0, 0.1) is 0 Å². The van der Waals surface area contributed by atoms with Gasteiger partial charge < -0.3 is 15.2 Å². The van der Waals surface area contributed by atoms with Crippen LogP contribution in [0.25, 0.3) is 11.4 Å². The third-order valence-corrected chi connectivity index (χ3v) is 4.71. The Labute approximate surface area is 133 Å². The van der Waals surface area contributed by atoms with E-state index in [0.717, 1.165) is 35.1 Å². The molecule has 1 saturated heterocycles. The summed E-state index contributed by atoms with van der Waals surface area (Å²) in [6.07, 6.45) is 2.14. The minimum absolute atomic E-state index is 0.0228. The molecule has 22 heavy (non-hydrogen) atoms. The lowest BCUT2D eigenvalue weighted by molar-refractivity contribution is -0.116. The normalized spacial score (nSPS) is 18.1. The first kappa shape index (κ1) is 15.1. The second-order valence-corrected chi connectivity index (χ2v) is 6.44. The standard InChI is InChI=1S/C15H19N5OS/c1-20-10-17-19-15(20)12-4-2-3-5-13(12)18-14(21)8-11-9-22-7-6-16-11/h2-5,10-11,16H,6-9H2,1H3,(H,18,21). The van der Waals surface area contributed by atoms with Crippen molar-refractivity contribution in [3.8, 4) is 11.4 Å². The third-order valence-electron chi connectivity index (χ3n) is 3.58. The monoisotopic (exact) mass is 317 g/mol. The molecule has 1 aromatic heterocycles. The molecule has 7 heteroatoms. The summed E-state index contributed by atoms with van der Waals surface area (Å²) in [7, 11) is 1.89. The molecule has 1 amide bonds. The first-order chi connectivity index (χ1) is 10.7. The molecule has 2 aromatic rings. The Kier molecular flexibility index (Phi) is 4.74. The van der Waals surface area contributed by atoms with Gasteiger partial charge in [-0.05, 0) is 12.1 Å². The predicted octanol–water partition coefficient (Wildman–Crippen LogP) is 1.52. The number of amides is 1. The van der Waals surface area contributed by atoms with Crippen LogP contribution in [0.4, 0.5) is 5.69 Å². The number of aromatic nitrogens is 3. The van der Waals surface area contributed by atoms with Gasteiger partial charge >= 0.3 is 0 Å². The van der Waals surface area contributed by atoms with E-state index in [2.05, 4.69) is 20.8 Å². The molecule has 0 radical (unpaired) electrons. The van der Waals surface area contributed by atoms with Crippen LogP contribution in [0.2, 0.25) is 0 Å². The highest BCUT2D eigenvalue weighted by molar-refractivity contribution is 7.99. The van der Waals surface area contributed by atoms with Crippen LogP contribution in [0.15, 0.2) is 30.6 Å². The van der Waals surface area contributed by atoms with E-state index < -0.39 is 0 Å². The van der Waals surface area contributed by atoms with Crippen LogP contribution in [-0.2, 0) is 11.8 Å². The van der Waals surface area contributed by atoms with Crippen LogP contribution in [0.1, 0.15) is 6.42 Å². The summed E-state index contributed by atoms with van der Waals surface area (Å²) in [5.41, 5.74) is 1.65. The van der Waals surface area contributed by atoms with Crippen LogP contribution < -0.4 is 10.6 Å². The minimum atomic E-state index is 0.0228. The van der Waals surface area contributed by atoms with Crippen LogP contribution >= 0.6 is 11.8 Å². The number of rotatable bonds is 4. The molecular weight excluding hydrogens is 298 g/mol. The Morgan fingerprint density at radius 2 is 2.36 bits per heavy atom. The summed E-state index contributed by atoms with van der Waals surface area (Å²) in [5.74, 6) is 2.86. The van der Waals surface area contributed by atoms with E-state index in [9.17, 15) is 4.79 Å². The highest BCUT2D eigenvalue weighted by Crippen LogP contribution is 2.25. The number of nitrogens with one attached hydrogen (secondary N) is 2. The number of para-hydroxylation sites is 1. The number of benzene rings is 1. The molecule has 0 spiro atoms. The fourth-order valence-corrected chi connectivity index (χ4v) is 3.44. The number of nitrogens with zero attached hydrogens (tertiary/aromatic N) is 3. The fourth-order valence-electron chi connectivity index (χ4n) is 2.49. The average molecular weight is 317 g/mol. The Bertz CT molecular complexity index is 651. The number of hydrogen-bond acceptors (Lipinski definition) is 5. The molecular formula is C15H19N5OS. The molecule has 0 saturated carbocycles. The zero-order chi connectivity index (χ0) is 15.4. The van der Waals surface area contributed by atoms with Crippen molar-refractivity contribution in [2.24, 2.45) is 7.05 Å². The van der Waals surface area contributed by atoms with Crippen molar-refractivity contribution < 1.29 is 4.79 Å². The van der Waals surface area contributed by atoms with Crippen molar-refractivity contribution in [3.05, 3.63) is 30.6 Å². The molecule has 1 unspecified atom stereocenters. The lowest BCUT2D eigenvalue weighted by Crippen LogP contribution is -2.39. The van der Waals surface area contributed by atoms with Gasteiger partial charge in [-0.15, -0.1) is 10.2 Å². The molecule has 0 aliphatic carbocycles. The highest BCUT2D eigenvalue weighted by atomic mass is 32.2. The molecule has 1 aliphatic heterocycles. The van der Waals surface area contributed by atoms with E-state index in [1.807, 2.05) is 47.6 Å². The Balaban J connectivity index is 1.72. The predicted molar refractivity (Wildman–Crippen MR) is 88.8 cm³/mol. The number of aryl methyl sites for hydroxylation is 1. The Hall–Kier alpha value is -1.86. The average Bonchev–Trinajstić information content (AvgIpc) is 2.95. The number of carbonyl (C=O) groups excluding carboxylic acids is 1. The van der Waals surface area contributed by atoms with Gasteiger partial charge in [0.25, 0.3) is 0 Å². The number of thioether (sulfide) groups is 1. The van der Waals surface area contributed by atoms with Gasteiger partial charge in [-0.1, -0.05) is 12.1 Å². The first-order valence-electron chi connectivity index (χ1n) is 7.28. The maximum Gasteiger partial charge on any atom is 0.225 e. The molecule has 1 atom stereocenters. The molecule has 116 valence electrons. The third kappa shape index (κ3) is 3.48. The van der Waals surface area contributed by atoms with Crippen LogP contribution in [0.5, 0.6) is 0 Å². The summed E-state index contributed by atoms with van der Waals surface area (Å²) in [6.45, 7) is 0.970. The second kappa shape index (κ2) is 6.93. The van der Waals surface area contributed by atoms with Crippen molar-refractivity contribution >= 4 is 23.4 Å². The lowest BCUT2D eigenvalue weighted by atomic mass is 10.1. The maximum atomic E-state index is 12.3. The summed E-state index contributed by atoms with van der Waals surface area (Å²) < 4.78 is 1.84. The van der Waals surface area contributed by atoms with Gasteiger partial charge in [-0.3, -0.25) is 4.79 Å². The van der Waals surface area contributed by atoms with Gasteiger partial charge in [0.05, 0.1) is 5.69 Å². The highest BCUT2D eigenvalue weighted by Gasteiger charge is 2.18. The van der Waals surface area contributed by atoms with E-state index in [4.69, 9.17) is 0 Å². The van der Waals surface area contributed by atoms with E-state index in [1.165, 1.54) is 0 Å². The lowest BCUT2D eigenvalue weighted by Gasteiger charge is -2.22. The van der Waals surface area contributed by atoms with Crippen molar-refractivity contribution in [1.82, 2.24) is 20.1 Å². The summed E-state index contributed by atoms with van der Waals surface area (Å²) in [4.78, 5) is 12.3. The van der Waals surface area contributed by atoms with Gasteiger partial charge in [0.1, 0.15) is 6.33 Å². The Morgan fingerprint density at radius 3 is 3.09 bits per heavy atom. The van der Waals surface area contributed by atoms with E-state index in [-0.39, 0.29) is 11.9 Å².